The smallest absolute Gasteiger partial charge is 0.243 e. The molecule has 0 radical (unpaired) electrons. The fourth-order valence-corrected chi connectivity index (χ4v) is 5.34. The van der Waals surface area contributed by atoms with Gasteiger partial charge in [-0.25, -0.2) is 8.42 Å². The summed E-state index contributed by atoms with van der Waals surface area (Å²) in [5.74, 6) is 0.284. The molecule has 0 aliphatic carbocycles. The van der Waals surface area contributed by atoms with Gasteiger partial charge >= 0.3 is 0 Å². The van der Waals surface area contributed by atoms with Gasteiger partial charge in [0.1, 0.15) is 5.75 Å². The van der Waals surface area contributed by atoms with Crippen molar-refractivity contribution in [3.63, 3.8) is 0 Å². The first-order valence-electron chi connectivity index (χ1n) is 10.2. The number of benzene rings is 2. The zero-order chi connectivity index (χ0) is 21.6. The van der Waals surface area contributed by atoms with Gasteiger partial charge in [0.05, 0.1) is 16.5 Å². The van der Waals surface area contributed by atoms with E-state index in [-0.39, 0.29) is 21.7 Å². The van der Waals surface area contributed by atoms with E-state index in [9.17, 15) is 13.2 Å². The molecule has 2 aromatic carbocycles. The van der Waals surface area contributed by atoms with Crippen LogP contribution in [0.25, 0.3) is 0 Å². The topological polar surface area (TPSA) is 75.7 Å². The van der Waals surface area contributed by atoms with Crippen LogP contribution < -0.4 is 10.1 Å². The molecule has 2 aromatic rings. The van der Waals surface area contributed by atoms with E-state index in [1.165, 1.54) is 22.0 Å². The Hall–Kier alpha value is -2.09. The van der Waals surface area contributed by atoms with E-state index in [0.717, 1.165) is 6.42 Å². The first-order valence-corrected chi connectivity index (χ1v) is 12.0. The van der Waals surface area contributed by atoms with E-state index < -0.39 is 10.0 Å². The third kappa shape index (κ3) is 5.53. The molecule has 1 fully saturated rings. The second-order valence-corrected chi connectivity index (χ2v) is 9.58. The molecule has 0 aromatic heterocycles. The maximum atomic E-state index is 12.9. The number of hydrogen-bond donors (Lipinski definition) is 1. The number of nitrogens with one attached hydrogen (secondary N) is 1. The largest absolute Gasteiger partial charge is 0.492 e. The lowest BCUT2D eigenvalue weighted by atomic mass is 9.97. The minimum Gasteiger partial charge on any atom is -0.492 e. The molecule has 8 heteroatoms. The van der Waals surface area contributed by atoms with Crippen LogP contribution in [0.5, 0.6) is 5.75 Å². The van der Waals surface area contributed by atoms with Gasteiger partial charge < -0.3 is 10.1 Å². The Morgan fingerprint density at radius 3 is 2.50 bits per heavy atom. The van der Waals surface area contributed by atoms with Crippen LogP contribution in [0.2, 0.25) is 5.02 Å². The molecule has 1 amide bonds. The first-order chi connectivity index (χ1) is 14.4. The highest BCUT2D eigenvalue weighted by Gasteiger charge is 2.32. The van der Waals surface area contributed by atoms with E-state index in [4.69, 9.17) is 16.3 Å². The Kier molecular flexibility index (Phi) is 7.75. The molecule has 0 atom stereocenters. The number of carbonyl (C=O) groups excluding carboxylic acids is 1. The number of hydrogen-bond acceptors (Lipinski definition) is 4. The summed E-state index contributed by atoms with van der Waals surface area (Å²) in [7, 11) is -3.66. The molecule has 1 aliphatic heterocycles. The predicted octanol–water partition coefficient (Wildman–Crippen LogP) is 3.50. The third-order valence-corrected chi connectivity index (χ3v) is 7.41. The van der Waals surface area contributed by atoms with Crippen molar-refractivity contribution in [2.75, 3.05) is 26.2 Å². The maximum absolute atomic E-state index is 12.9. The summed E-state index contributed by atoms with van der Waals surface area (Å²) in [6, 6.07) is 14.5. The number of amides is 1. The van der Waals surface area contributed by atoms with E-state index in [0.29, 0.717) is 44.8 Å². The molecule has 1 heterocycles. The lowest BCUT2D eigenvalue weighted by Gasteiger charge is -2.30. The molecule has 1 aliphatic rings. The standard InChI is InChI=1S/C22H27ClN2O4S/c1-2-29-21-9-8-19(16-20(21)23)30(27,28)25-14-11-18(12-15-25)22(26)24-13-10-17-6-4-3-5-7-17/h3-9,16,18H,2,10-15H2,1H3,(H,24,26). The predicted molar refractivity (Wildman–Crippen MR) is 117 cm³/mol. The van der Waals surface area contributed by atoms with Gasteiger partial charge in [0.2, 0.25) is 15.9 Å². The monoisotopic (exact) mass is 450 g/mol. The van der Waals surface area contributed by atoms with Crippen molar-refractivity contribution in [3.05, 3.63) is 59.1 Å². The van der Waals surface area contributed by atoms with Crippen molar-refractivity contribution in [1.82, 2.24) is 9.62 Å². The second-order valence-electron chi connectivity index (χ2n) is 7.23. The van der Waals surface area contributed by atoms with Crippen LogP contribution in [-0.2, 0) is 21.2 Å². The number of piperidine rings is 1. The zero-order valence-electron chi connectivity index (χ0n) is 17.0. The number of rotatable bonds is 8. The van der Waals surface area contributed by atoms with Crippen molar-refractivity contribution in [2.24, 2.45) is 5.92 Å². The lowest BCUT2D eigenvalue weighted by Crippen LogP contribution is -2.43. The molecule has 0 saturated carbocycles. The Labute approximate surface area is 183 Å². The van der Waals surface area contributed by atoms with Crippen molar-refractivity contribution in [3.8, 4) is 5.75 Å². The van der Waals surface area contributed by atoms with Crippen LogP contribution in [0.1, 0.15) is 25.3 Å². The summed E-state index contributed by atoms with van der Waals surface area (Å²) in [4.78, 5) is 12.6. The summed E-state index contributed by atoms with van der Waals surface area (Å²) in [5.41, 5.74) is 1.17. The molecule has 3 rings (SSSR count). The van der Waals surface area contributed by atoms with Crippen LogP contribution >= 0.6 is 11.6 Å². The molecule has 0 bridgehead atoms. The van der Waals surface area contributed by atoms with Gasteiger partial charge in [0.25, 0.3) is 0 Å². The summed E-state index contributed by atoms with van der Waals surface area (Å²) < 4.78 is 32.7. The summed E-state index contributed by atoms with van der Waals surface area (Å²) in [5, 5.41) is 3.24. The third-order valence-electron chi connectivity index (χ3n) is 5.22. The Balaban J connectivity index is 1.52. The van der Waals surface area contributed by atoms with E-state index in [1.807, 2.05) is 37.3 Å². The van der Waals surface area contributed by atoms with Crippen molar-refractivity contribution in [2.45, 2.75) is 31.1 Å². The highest BCUT2D eigenvalue weighted by Crippen LogP contribution is 2.30. The first kappa shape index (κ1) is 22.6. The van der Waals surface area contributed by atoms with Gasteiger partial charge in [0.15, 0.2) is 0 Å². The molecule has 0 spiro atoms. The summed E-state index contributed by atoms with van der Waals surface area (Å²) in [6.45, 7) is 3.48. The van der Waals surface area contributed by atoms with Gasteiger partial charge in [-0.3, -0.25) is 4.79 Å². The number of ether oxygens (including phenoxy) is 1. The van der Waals surface area contributed by atoms with Gasteiger partial charge in [-0.2, -0.15) is 4.31 Å². The van der Waals surface area contributed by atoms with Crippen molar-refractivity contribution in [1.29, 1.82) is 0 Å². The highest BCUT2D eigenvalue weighted by atomic mass is 35.5. The number of nitrogens with zero attached hydrogens (tertiary/aromatic N) is 1. The second kappa shape index (κ2) is 10.3. The van der Waals surface area contributed by atoms with Gasteiger partial charge in [0, 0.05) is 25.6 Å². The Morgan fingerprint density at radius 2 is 1.87 bits per heavy atom. The fourth-order valence-electron chi connectivity index (χ4n) is 3.54. The highest BCUT2D eigenvalue weighted by molar-refractivity contribution is 7.89. The van der Waals surface area contributed by atoms with Crippen molar-refractivity contribution < 1.29 is 17.9 Å². The van der Waals surface area contributed by atoms with Gasteiger partial charge in [-0.05, 0) is 49.9 Å². The average molecular weight is 451 g/mol. The minimum absolute atomic E-state index is 0.00732. The van der Waals surface area contributed by atoms with Crippen molar-refractivity contribution >= 4 is 27.5 Å². The number of sulfonamides is 1. The molecule has 1 N–H and O–H groups in total. The molecule has 0 unspecified atom stereocenters. The molecule has 30 heavy (non-hydrogen) atoms. The van der Waals surface area contributed by atoms with E-state index in [1.54, 1.807) is 6.07 Å². The summed E-state index contributed by atoms with van der Waals surface area (Å²) in [6.07, 6.45) is 1.78. The van der Waals surface area contributed by atoms with Crippen LogP contribution in [0, 0.1) is 5.92 Å². The van der Waals surface area contributed by atoms with Crippen LogP contribution in [0.15, 0.2) is 53.4 Å². The van der Waals surface area contributed by atoms with Crippen LogP contribution in [0.4, 0.5) is 0 Å². The summed E-state index contributed by atoms with van der Waals surface area (Å²) >= 11 is 6.15. The Morgan fingerprint density at radius 1 is 1.17 bits per heavy atom. The molecular weight excluding hydrogens is 424 g/mol. The van der Waals surface area contributed by atoms with E-state index in [2.05, 4.69) is 5.32 Å². The molecule has 1 saturated heterocycles. The lowest BCUT2D eigenvalue weighted by molar-refractivity contribution is -0.126. The van der Waals surface area contributed by atoms with Crippen LogP contribution in [0.3, 0.4) is 0 Å². The van der Waals surface area contributed by atoms with E-state index >= 15 is 0 Å². The zero-order valence-corrected chi connectivity index (χ0v) is 18.6. The molecular formula is C22H27ClN2O4S. The molecule has 6 nitrogen and oxygen atoms in total. The molecule has 162 valence electrons. The number of carbonyl (C=O) groups is 1. The Bertz CT molecular complexity index is 958. The normalized spacial score (nSPS) is 15.7. The van der Waals surface area contributed by atoms with Gasteiger partial charge in [-0.15, -0.1) is 0 Å². The number of halogens is 1. The fraction of sp³-hybridized carbons (Fsp3) is 0.409. The average Bonchev–Trinajstić information content (AvgIpc) is 2.76. The van der Waals surface area contributed by atoms with Crippen LogP contribution in [-0.4, -0.2) is 44.9 Å². The maximum Gasteiger partial charge on any atom is 0.243 e. The SMILES string of the molecule is CCOc1ccc(S(=O)(=O)N2CCC(C(=O)NCCc3ccccc3)CC2)cc1Cl. The quantitative estimate of drug-likeness (QED) is 0.667. The van der Waals surface area contributed by atoms with Gasteiger partial charge in [-0.1, -0.05) is 41.9 Å². The minimum atomic E-state index is -3.66.